The summed E-state index contributed by atoms with van der Waals surface area (Å²) >= 11 is 5.26. The van der Waals surface area contributed by atoms with Crippen LogP contribution in [0, 0.1) is 5.92 Å². The van der Waals surface area contributed by atoms with E-state index in [0.717, 1.165) is 32.8 Å². The van der Waals surface area contributed by atoms with Crippen LogP contribution in [0.5, 0.6) is 0 Å². The van der Waals surface area contributed by atoms with E-state index in [4.69, 9.17) is 21.7 Å². The van der Waals surface area contributed by atoms with E-state index in [0.29, 0.717) is 17.6 Å². The minimum absolute atomic E-state index is 0.261. The fourth-order valence-electron chi connectivity index (χ4n) is 1.39. The molecular weight excluding hydrogens is 248 g/mol. The van der Waals surface area contributed by atoms with Crippen molar-refractivity contribution in [3.8, 4) is 0 Å². The second-order valence-corrected chi connectivity index (χ2v) is 4.87. The molecule has 0 amide bonds. The quantitative estimate of drug-likeness (QED) is 0.471. The zero-order valence-electron chi connectivity index (χ0n) is 12.1. The van der Waals surface area contributed by atoms with E-state index in [1.807, 2.05) is 13.8 Å². The Bertz CT molecular complexity index is 213. The van der Waals surface area contributed by atoms with Crippen LogP contribution >= 0.6 is 12.2 Å². The van der Waals surface area contributed by atoms with E-state index < -0.39 is 0 Å². The van der Waals surface area contributed by atoms with Gasteiger partial charge in [-0.25, -0.2) is 0 Å². The molecule has 5 heteroatoms. The molecule has 108 valence electrons. The van der Waals surface area contributed by atoms with E-state index in [1.165, 1.54) is 0 Å². The number of hydrogen-bond donors (Lipinski definition) is 2. The predicted octanol–water partition coefficient (Wildman–Crippen LogP) is 1.94. The first kappa shape index (κ1) is 17.6. The van der Waals surface area contributed by atoms with Crippen molar-refractivity contribution in [3.63, 3.8) is 0 Å². The maximum atomic E-state index is 5.45. The van der Waals surface area contributed by atoms with Crippen molar-refractivity contribution in [2.75, 3.05) is 33.0 Å². The second-order valence-electron chi connectivity index (χ2n) is 4.46. The highest BCUT2D eigenvalue weighted by Crippen LogP contribution is 2.02. The van der Waals surface area contributed by atoms with Gasteiger partial charge in [0.2, 0.25) is 0 Å². The molecule has 0 aromatic rings. The number of thiocarbonyl (C=S) groups is 1. The highest BCUT2D eigenvalue weighted by molar-refractivity contribution is 7.80. The van der Waals surface area contributed by atoms with Gasteiger partial charge in [0.15, 0.2) is 5.11 Å². The summed E-state index contributed by atoms with van der Waals surface area (Å²) < 4.78 is 10.7. The van der Waals surface area contributed by atoms with Crippen LogP contribution in [0.3, 0.4) is 0 Å². The monoisotopic (exact) mass is 276 g/mol. The first-order valence-corrected chi connectivity index (χ1v) is 7.22. The van der Waals surface area contributed by atoms with Crippen molar-refractivity contribution in [1.29, 1.82) is 0 Å². The predicted molar refractivity (Wildman–Crippen MR) is 80.0 cm³/mol. The Morgan fingerprint density at radius 2 is 1.83 bits per heavy atom. The van der Waals surface area contributed by atoms with E-state index in [1.54, 1.807) is 0 Å². The van der Waals surface area contributed by atoms with Crippen LogP contribution < -0.4 is 10.6 Å². The largest absolute Gasteiger partial charge is 0.382 e. The summed E-state index contributed by atoms with van der Waals surface area (Å²) in [7, 11) is 0. The Kier molecular flexibility index (Phi) is 11.4. The molecule has 0 aliphatic carbocycles. The van der Waals surface area contributed by atoms with Crippen LogP contribution in [-0.4, -0.2) is 44.1 Å². The van der Waals surface area contributed by atoms with Gasteiger partial charge >= 0.3 is 0 Å². The second kappa shape index (κ2) is 11.7. The Morgan fingerprint density at radius 1 is 1.17 bits per heavy atom. The zero-order chi connectivity index (χ0) is 13.8. The number of ether oxygens (including phenoxy) is 2. The number of nitrogens with one attached hydrogen (secondary N) is 2. The van der Waals surface area contributed by atoms with Crippen LogP contribution in [0.4, 0.5) is 0 Å². The average molecular weight is 276 g/mol. The van der Waals surface area contributed by atoms with Gasteiger partial charge in [0, 0.05) is 26.4 Å². The Morgan fingerprint density at radius 3 is 2.39 bits per heavy atom. The molecule has 0 saturated carbocycles. The lowest BCUT2D eigenvalue weighted by Crippen LogP contribution is -2.46. The minimum atomic E-state index is 0.261. The SMILES string of the molecule is CCOCCCNC(=S)NC(COCC)C(C)C. The number of rotatable bonds is 10. The van der Waals surface area contributed by atoms with Gasteiger partial charge < -0.3 is 20.1 Å². The summed E-state index contributed by atoms with van der Waals surface area (Å²) in [5, 5.41) is 7.18. The van der Waals surface area contributed by atoms with E-state index >= 15 is 0 Å². The van der Waals surface area contributed by atoms with Gasteiger partial charge in [-0.1, -0.05) is 13.8 Å². The van der Waals surface area contributed by atoms with Gasteiger partial charge in [-0.2, -0.15) is 0 Å². The Hall–Kier alpha value is -0.390. The summed E-state index contributed by atoms with van der Waals surface area (Å²) in [5.74, 6) is 0.486. The molecule has 0 spiro atoms. The molecule has 0 aliphatic heterocycles. The summed E-state index contributed by atoms with van der Waals surface area (Å²) in [6.07, 6.45) is 0.966. The molecule has 0 aliphatic rings. The summed E-state index contributed by atoms with van der Waals surface area (Å²) in [4.78, 5) is 0. The fraction of sp³-hybridized carbons (Fsp3) is 0.923. The third kappa shape index (κ3) is 9.62. The van der Waals surface area contributed by atoms with Crippen molar-refractivity contribution >= 4 is 17.3 Å². The molecule has 2 N–H and O–H groups in total. The standard InChI is InChI=1S/C13H28N2O2S/c1-5-16-9-7-8-14-13(18)15-12(11(3)4)10-17-6-2/h11-12H,5-10H2,1-4H3,(H2,14,15,18). The molecule has 0 rings (SSSR count). The molecular formula is C13H28N2O2S. The van der Waals surface area contributed by atoms with Crippen LogP contribution in [-0.2, 0) is 9.47 Å². The smallest absolute Gasteiger partial charge is 0.166 e. The zero-order valence-corrected chi connectivity index (χ0v) is 12.9. The molecule has 18 heavy (non-hydrogen) atoms. The fourth-order valence-corrected chi connectivity index (χ4v) is 1.64. The van der Waals surface area contributed by atoms with Crippen molar-refractivity contribution in [3.05, 3.63) is 0 Å². The van der Waals surface area contributed by atoms with E-state index in [9.17, 15) is 0 Å². The average Bonchev–Trinajstić information content (AvgIpc) is 2.33. The molecule has 1 atom stereocenters. The first-order valence-electron chi connectivity index (χ1n) is 6.81. The van der Waals surface area contributed by atoms with E-state index in [-0.39, 0.29) is 6.04 Å². The van der Waals surface area contributed by atoms with Gasteiger partial charge in [-0.05, 0) is 38.4 Å². The van der Waals surface area contributed by atoms with Crippen molar-refractivity contribution in [2.24, 2.45) is 5.92 Å². The van der Waals surface area contributed by atoms with Crippen molar-refractivity contribution in [1.82, 2.24) is 10.6 Å². The van der Waals surface area contributed by atoms with Gasteiger partial charge in [-0.15, -0.1) is 0 Å². The third-order valence-corrected chi connectivity index (χ3v) is 2.84. The summed E-state index contributed by atoms with van der Waals surface area (Å²) in [5.41, 5.74) is 0. The maximum absolute atomic E-state index is 5.45. The lowest BCUT2D eigenvalue weighted by molar-refractivity contribution is 0.115. The Labute approximate surface area is 117 Å². The molecule has 0 saturated heterocycles. The normalized spacial score (nSPS) is 12.5. The Balaban J connectivity index is 3.74. The minimum Gasteiger partial charge on any atom is -0.382 e. The first-order chi connectivity index (χ1) is 8.61. The van der Waals surface area contributed by atoms with Gasteiger partial charge in [0.25, 0.3) is 0 Å². The highest BCUT2D eigenvalue weighted by atomic mass is 32.1. The molecule has 0 aromatic carbocycles. The van der Waals surface area contributed by atoms with Crippen LogP contribution in [0.15, 0.2) is 0 Å². The maximum Gasteiger partial charge on any atom is 0.166 e. The highest BCUT2D eigenvalue weighted by Gasteiger charge is 2.13. The summed E-state index contributed by atoms with van der Waals surface area (Å²) in [6, 6.07) is 0.261. The van der Waals surface area contributed by atoms with Crippen molar-refractivity contribution < 1.29 is 9.47 Å². The number of hydrogen-bond acceptors (Lipinski definition) is 3. The summed E-state index contributed by atoms with van der Waals surface area (Å²) in [6.45, 7) is 12.1. The van der Waals surface area contributed by atoms with Gasteiger partial charge in [-0.3, -0.25) is 0 Å². The van der Waals surface area contributed by atoms with Crippen LogP contribution in [0.2, 0.25) is 0 Å². The lowest BCUT2D eigenvalue weighted by atomic mass is 10.1. The lowest BCUT2D eigenvalue weighted by Gasteiger charge is -2.24. The van der Waals surface area contributed by atoms with E-state index in [2.05, 4.69) is 24.5 Å². The van der Waals surface area contributed by atoms with Crippen LogP contribution in [0.25, 0.3) is 0 Å². The van der Waals surface area contributed by atoms with Gasteiger partial charge in [0.05, 0.1) is 12.6 Å². The van der Waals surface area contributed by atoms with Crippen LogP contribution in [0.1, 0.15) is 34.1 Å². The molecule has 4 nitrogen and oxygen atoms in total. The third-order valence-electron chi connectivity index (χ3n) is 2.58. The molecule has 0 aromatic heterocycles. The van der Waals surface area contributed by atoms with Gasteiger partial charge in [0.1, 0.15) is 0 Å². The molecule has 0 bridgehead atoms. The molecule has 0 fully saturated rings. The topological polar surface area (TPSA) is 42.5 Å². The van der Waals surface area contributed by atoms with Crippen molar-refractivity contribution in [2.45, 2.75) is 40.2 Å². The molecule has 0 radical (unpaired) electrons. The molecule has 1 unspecified atom stereocenters. The molecule has 0 heterocycles.